The van der Waals surface area contributed by atoms with E-state index in [4.69, 9.17) is 5.73 Å². The Morgan fingerprint density at radius 3 is 2.48 bits per heavy atom. The number of hydrogen-bond acceptors (Lipinski definition) is 4. The Kier molecular flexibility index (Phi) is 4.32. The summed E-state index contributed by atoms with van der Waals surface area (Å²) in [5.74, 6) is -0.138. The normalized spacial score (nSPS) is 22.5. The Hall–Kier alpha value is -2.53. The summed E-state index contributed by atoms with van der Waals surface area (Å²) in [6.07, 6.45) is 2.49. The standard InChI is InChI=1S/C20H24N4O/c21-16-3-1-2-15(14-16)20(25)22-17-4-6-18(7-5-17)24-13-12-23-10-8-19(24)9-11-23/h1-7,14,19H,8-13,21H2,(H,22,25). The van der Waals surface area contributed by atoms with E-state index in [1.54, 1.807) is 24.3 Å². The van der Waals surface area contributed by atoms with E-state index in [-0.39, 0.29) is 5.91 Å². The topological polar surface area (TPSA) is 61.6 Å². The fraction of sp³-hybridized carbons (Fsp3) is 0.350. The molecule has 0 aliphatic carbocycles. The second-order valence-electron chi connectivity index (χ2n) is 6.89. The number of benzene rings is 2. The number of nitrogen functional groups attached to an aromatic ring is 1. The first-order valence-corrected chi connectivity index (χ1v) is 8.95. The van der Waals surface area contributed by atoms with Crippen molar-refractivity contribution in [1.82, 2.24) is 4.90 Å². The maximum absolute atomic E-state index is 12.3. The minimum Gasteiger partial charge on any atom is -0.399 e. The van der Waals surface area contributed by atoms with Crippen LogP contribution in [0.3, 0.4) is 0 Å². The fourth-order valence-electron chi connectivity index (χ4n) is 3.85. The van der Waals surface area contributed by atoms with Crippen molar-refractivity contribution in [2.75, 3.05) is 42.1 Å². The molecule has 130 valence electrons. The average molecular weight is 336 g/mol. The maximum Gasteiger partial charge on any atom is 0.255 e. The van der Waals surface area contributed by atoms with Crippen molar-refractivity contribution in [3.8, 4) is 0 Å². The van der Waals surface area contributed by atoms with Gasteiger partial charge in [-0.05, 0) is 55.3 Å². The zero-order chi connectivity index (χ0) is 17.2. The fourth-order valence-corrected chi connectivity index (χ4v) is 3.85. The quantitative estimate of drug-likeness (QED) is 0.846. The molecule has 3 N–H and O–H groups in total. The Morgan fingerprint density at radius 2 is 1.76 bits per heavy atom. The predicted molar refractivity (Wildman–Crippen MR) is 102 cm³/mol. The highest BCUT2D eigenvalue weighted by Gasteiger charge is 2.28. The van der Waals surface area contributed by atoms with Gasteiger partial charge in [-0.3, -0.25) is 4.79 Å². The minimum atomic E-state index is -0.138. The molecule has 5 rings (SSSR count). The minimum absolute atomic E-state index is 0.138. The average Bonchev–Trinajstić information content (AvgIpc) is 2.96. The molecule has 0 radical (unpaired) electrons. The summed E-state index contributed by atoms with van der Waals surface area (Å²) in [6, 6.07) is 15.9. The highest BCUT2D eigenvalue weighted by Crippen LogP contribution is 2.27. The molecule has 3 aliphatic heterocycles. The van der Waals surface area contributed by atoms with E-state index >= 15 is 0 Å². The third kappa shape index (κ3) is 3.46. The molecule has 3 fully saturated rings. The number of piperidine rings is 1. The molecule has 5 nitrogen and oxygen atoms in total. The van der Waals surface area contributed by atoms with E-state index in [1.807, 2.05) is 12.1 Å². The molecule has 0 atom stereocenters. The first-order chi connectivity index (χ1) is 12.2. The molecule has 25 heavy (non-hydrogen) atoms. The van der Waals surface area contributed by atoms with Crippen LogP contribution in [-0.4, -0.2) is 43.0 Å². The summed E-state index contributed by atoms with van der Waals surface area (Å²) in [5, 5.41) is 2.94. The molecular weight excluding hydrogens is 312 g/mol. The Balaban J connectivity index is 1.46. The lowest BCUT2D eigenvalue weighted by Gasteiger charge is -2.33. The molecular formula is C20H24N4O. The summed E-state index contributed by atoms with van der Waals surface area (Å²) < 4.78 is 0. The van der Waals surface area contributed by atoms with Crippen LogP contribution in [0.4, 0.5) is 17.1 Å². The summed E-state index contributed by atoms with van der Waals surface area (Å²) >= 11 is 0. The van der Waals surface area contributed by atoms with Crippen molar-refractivity contribution in [2.24, 2.45) is 0 Å². The molecule has 0 unspecified atom stereocenters. The Morgan fingerprint density at radius 1 is 1.00 bits per heavy atom. The lowest BCUT2D eigenvalue weighted by molar-refractivity contribution is 0.102. The number of anilines is 3. The van der Waals surface area contributed by atoms with Gasteiger partial charge in [0.05, 0.1) is 0 Å². The third-order valence-electron chi connectivity index (χ3n) is 5.26. The van der Waals surface area contributed by atoms with Gasteiger partial charge < -0.3 is 20.9 Å². The van der Waals surface area contributed by atoms with Crippen LogP contribution in [-0.2, 0) is 0 Å². The van der Waals surface area contributed by atoms with E-state index < -0.39 is 0 Å². The number of amides is 1. The van der Waals surface area contributed by atoms with Crippen LogP contribution < -0.4 is 16.0 Å². The van der Waals surface area contributed by atoms with E-state index in [2.05, 4.69) is 27.2 Å². The molecule has 0 saturated carbocycles. The second kappa shape index (κ2) is 6.76. The van der Waals surface area contributed by atoms with Crippen LogP contribution in [0, 0.1) is 0 Å². The number of nitrogens with two attached hydrogens (primary N) is 1. The van der Waals surface area contributed by atoms with Gasteiger partial charge in [-0.2, -0.15) is 0 Å². The van der Waals surface area contributed by atoms with Crippen LogP contribution >= 0.6 is 0 Å². The molecule has 3 heterocycles. The number of hydrogen-bond donors (Lipinski definition) is 2. The van der Waals surface area contributed by atoms with Gasteiger partial charge in [0.15, 0.2) is 0 Å². The van der Waals surface area contributed by atoms with Crippen LogP contribution in [0.25, 0.3) is 0 Å². The van der Waals surface area contributed by atoms with Gasteiger partial charge in [0.2, 0.25) is 0 Å². The molecule has 2 bridgehead atoms. The van der Waals surface area contributed by atoms with Gasteiger partial charge in [0, 0.05) is 54.8 Å². The number of nitrogens with one attached hydrogen (secondary N) is 1. The van der Waals surface area contributed by atoms with Gasteiger partial charge in [-0.15, -0.1) is 0 Å². The first-order valence-electron chi connectivity index (χ1n) is 8.95. The lowest BCUT2D eigenvalue weighted by Crippen LogP contribution is -2.37. The van der Waals surface area contributed by atoms with Crippen LogP contribution in [0.1, 0.15) is 23.2 Å². The van der Waals surface area contributed by atoms with Gasteiger partial charge >= 0.3 is 0 Å². The van der Waals surface area contributed by atoms with Crippen LogP contribution in [0.15, 0.2) is 48.5 Å². The lowest BCUT2D eigenvalue weighted by atomic mass is 10.0. The number of nitrogens with zero attached hydrogens (tertiary/aromatic N) is 2. The molecule has 2 aromatic carbocycles. The summed E-state index contributed by atoms with van der Waals surface area (Å²) in [5.41, 5.74) is 8.96. The third-order valence-corrected chi connectivity index (χ3v) is 5.26. The monoisotopic (exact) mass is 336 g/mol. The van der Waals surface area contributed by atoms with Gasteiger partial charge in [0.1, 0.15) is 0 Å². The molecule has 2 aromatic rings. The highest BCUT2D eigenvalue weighted by atomic mass is 16.1. The number of fused-ring (bicyclic) bond motifs is 4. The Labute approximate surface area is 148 Å². The van der Waals surface area contributed by atoms with Crippen LogP contribution in [0.5, 0.6) is 0 Å². The van der Waals surface area contributed by atoms with E-state index in [9.17, 15) is 4.79 Å². The maximum atomic E-state index is 12.3. The largest absolute Gasteiger partial charge is 0.399 e. The van der Waals surface area contributed by atoms with Crippen LogP contribution in [0.2, 0.25) is 0 Å². The molecule has 3 aliphatic rings. The van der Waals surface area contributed by atoms with E-state index in [1.165, 1.54) is 31.6 Å². The summed E-state index contributed by atoms with van der Waals surface area (Å²) in [6.45, 7) is 4.66. The summed E-state index contributed by atoms with van der Waals surface area (Å²) in [7, 11) is 0. The number of carbonyl (C=O) groups is 1. The van der Waals surface area contributed by atoms with Gasteiger partial charge in [-0.25, -0.2) is 0 Å². The Bertz CT molecular complexity index is 751. The number of carbonyl (C=O) groups excluding carboxylic acids is 1. The van der Waals surface area contributed by atoms with Crippen molar-refractivity contribution >= 4 is 23.0 Å². The molecule has 0 aromatic heterocycles. The van der Waals surface area contributed by atoms with Gasteiger partial charge in [-0.1, -0.05) is 6.07 Å². The van der Waals surface area contributed by atoms with Crippen molar-refractivity contribution in [2.45, 2.75) is 18.9 Å². The SMILES string of the molecule is Nc1cccc(C(=O)Nc2ccc(N3CCN4CCC3CC4)cc2)c1. The van der Waals surface area contributed by atoms with Crippen molar-refractivity contribution < 1.29 is 4.79 Å². The molecule has 5 heteroatoms. The van der Waals surface area contributed by atoms with Crippen molar-refractivity contribution in [3.05, 3.63) is 54.1 Å². The molecule has 3 saturated heterocycles. The molecule has 0 spiro atoms. The van der Waals surface area contributed by atoms with Crippen molar-refractivity contribution in [1.29, 1.82) is 0 Å². The predicted octanol–water partition coefficient (Wildman–Crippen LogP) is 2.81. The zero-order valence-electron chi connectivity index (χ0n) is 14.3. The zero-order valence-corrected chi connectivity index (χ0v) is 14.3. The smallest absolute Gasteiger partial charge is 0.255 e. The first kappa shape index (κ1) is 16.0. The second-order valence-corrected chi connectivity index (χ2v) is 6.89. The molecule has 1 amide bonds. The van der Waals surface area contributed by atoms with E-state index in [0.717, 1.165) is 18.8 Å². The van der Waals surface area contributed by atoms with Gasteiger partial charge in [0.25, 0.3) is 5.91 Å². The summed E-state index contributed by atoms with van der Waals surface area (Å²) in [4.78, 5) is 17.4. The van der Waals surface area contributed by atoms with Crippen molar-refractivity contribution in [3.63, 3.8) is 0 Å². The number of rotatable bonds is 3. The highest BCUT2D eigenvalue weighted by molar-refractivity contribution is 6.04. The van der Waals surface area contributed by atoms with E-state index in [0.29, 0.717) is 17.3 Å².